The van der Waals surface area contributed by atoms with Gasteiger partial charge in [-0.15, -0.1) is 0 Å². The Morgan fingerprint density at radius 3 is 2.83 bits per heavy atom. The quantitative estimate of drug-likeness (QED) is 0.823. The molecule has 0 fully saturated rings. The number of aromatic nitrogens is 1. The van der Waals surface area contributed by atoms with Gasteiger partial charge < -0.3 is 5.73 Å². The fourth-order valence-corrected chi connectivity index (χ4v) is 2.35. The van der Waals surface area contributed by atoms with Gasteiger partial charge in [-0.25, -0.2) is 0 Å². The van der Waals surface area contributed by atoms with Gasteiger partial charge in [-0.3, -0.25) is 4.98 Å². The SMILES string of the molecule is Cc1cnc(C2=Cc3ccccc3CC2)cc1N. The fraction of sp³-hybridized carbons (Fsp3) is 0.188. The van der Waals surface area contributed by atoms with E-state index in [9.17, 15) is 0 Å². The molecule has 0 bridgehead atoms. The van der Waals surface area contributed by atoms with Crippen molar-refractivity contribution in [2.75, 3.05) is 5.73 Å². The molecule has 0 saturated heterocycles. The molecule has 1 aliphatic carbocycles. The first kappa shape index (κ1) is 11.0. The van der Waals surface area contributed by atoms with Gasteiger partial charge in [0.25, 0.3) is 0 Å². The first-order valence-corrected chi connectivity index (χ1v) is 6.25. The summed E-state index contributed by atoms with van der Waals surface area (Å²) in [6.45, 7) is 1.98. The summed E-state index contributed by atoms with van der Waals surface area (Å²) in [5, 5.41) is 0. The van der Waals surface area contributed by atoms with Crippen LogP contribution < -0.4 is 5.73 Å². The van der Waals surface area contributed by atoms with Crippen LogP contribution in [0.15, 0.2) is 36.5 Å². The van der Waals surface area contributed by atoms with Gasteiger partial charge in [0.05, 0.1) is 5.69 Å². The molecule has 2 nitrogen and oxygen atoms in total. The molecule has 2 N–H and O–H groups in total. The van der Waals surface area contributed by atoms with Crippen LogP contribution in [0.5, 0.6) is 0 Å². The first-order valence-electron chi connectivity index (χ1n) is 6.25. The van der Waals surface area contributed by atoms with Gasteiger partial charge >= 0.3 is 0 Å². The van der Waals surface area contributed by atoms with E-state index in [0.29, 0.717) is 0 Å². The number of anilines is 1. The number of pyridine rings is 1. The van der Waals surface area contributed by atoms with E-state index in [1.165, 1.54) is 16.7 Å². The van der Waals surface area contributed by atoms with Gasteiger partial charge in [0.2, 0.25) is 0 Å². The highest BCUT2D eigenvalue weighted by Crippen LogP contribution is 2.30. The molecule has 0 spiro atoms. The molecular formula is C16H16N2. The lowest BCUT2D eigenvalue weighted by atomic mass is 9.90. The normalized spacial score (nSPS) is 13.9. The molecule has 0 radical (unpaired) electrons. The highest BCUT2D eigenvalue weighted by Gasteiger charge is 2.12. The van der Waals surface area contributed by atoms with Crippen molar-refractivity contribution >= 4 is 17.3 Å². The van der Waals surface area contributed by atoms with Crippen LogP contribution in [0.3, 0.4) is 0 Å². The largest absolute Gasteiger partial charge is 0.398 e. The van der Waals surface area contributed by atoms with Crippen LogP contribution in [0.25, 0.3) is 11.6 Å². The molecule has 1 aromatic heterocycles. The maximum atomic E-state index is 5.95. The lowest BCUT2D eigenvalue weighted by Gasteiger charge is -2.16. The van der Waals surface area contributed by atoms with Crippen molar-refractivity contribution in [1.29, 1.82) is 0 Å². The van der Waals surface area contributed by atoms with Crippen LogP contribution in [0.1, 0.15) is 28.8 Å². The van der Waals surface area contributed by atoms with E-state index in [2.05, 4.69) is 35.3 Å². The standard InChI is InChI=1S/C16H16N2/c1-11-10-18-16(9-15(11)17)14-7-6-12-4-2-3-5-13(12)8-14/h2-5,8-10H,6-7H2,1H3,(H2,17,18). The molecule has 0 amide bonds. The van der Waals surface area contributed by atoms with E-state index < -0.39 is 0 Å². The van der Waals surface area contributed by atoms with E-state index in [-0.39, 0.29) is 0 Å². The molecule has 0 saturated carbocycles. The highest BCUT2D eigenvalue weighted by molar-refractivity contribution is 5.83. The number of fused-ring (bicyclic) bond motifs is 1. The Kier molecular flexibility index (Phi) is 2.63. The number of nitrogen functional groups attached to an aromatic ring is 1. The molecule has 2 aromatic rings. The topological polar surface area (TPSA) is 38.9 Å². The summed E-state index contributed by atoms with van der Waals surface area (Å²) in [7, 11) is 0. The second kappa shape index (κ2) is 4.30. The van der Waals surface area contributed by atoms with Crippen LogP contribution in [0.2, 0.25) is 0 Å². The number of benzene rings is 1. The third-order valence-corrected chi connectivity index (χ3v) is 3.52. The number of nitrogens with zero attached hydrogens (tertiary/aromatic N) is 1. The number of nitrogens with two attached hydrogens (primary N) is 1. The molecule has 1 heterocycles. The molecule has 90 valence electrons. The Labute approximate surface area is 107 Å². The highest BCUT2D eigenvalue weighted by atomic mass is 14.7. The van der Waals surface area contributed by atoms with Gasteiger partial charge in [-0.05, 0) is 54.2 Å². The maximum Gasteiger partial charge on any atom is 0.0682 e. The smallest absolute Gasteiger partial charge is 0.0682 e. The van der Waals surface area contributed by atoms with E-state index in [0.717, 1.165) is 29.8 Å². The fourth-order valence-electron chi connectivity index (χ4n) is 2.35. The lowest BCUT2D eigenvalue weighted by molar-refractivity contribution is 0.990. The predicted octanol–water partition coefficient (Wildman–Crippen LogP) is 3.46. The third-order valence-electron chi connectivity index (χ3n) is 3.52. The van der Waals surface area contributed by atoms with Gasteiger partial charge in [0.15, 0.2) is 0 Å². The van der Waals surface area contributed by atoms with Crippen molar-refractivity contribution in [3.63, 3.8) is 0 Å². The zero-order valence-corrected chi connectivity index (χ0v) is 10.5. The van der Waals surface area contributed by atoms with Crippen molar-refractivity contribution < 1.29 is 0 Å². The average Bonchev–Trinajstić information content (AvgIpc) is 2.41. The molecule has 0 atom stereocenters. The van der Waals surface area contributed by atoms with Crippen LogP contribution in [-0.2, 0) is 6.42 Å². The summed E-state index contributed by atoms with van der Waals surface area (Å²) in [5.74, 6) is 0. The summed E-state index contributed by atoms with van der Waals surface area (Å²) in [6, 6.07) is 10.5. The molecule has 1 aromatic carbocycles. The third kappa shape index (κ3) is 1.90. The number of hydrogen-bond acceptors (Lipinski definition) is 2. The molecule has 2 heteroatoms. The molecular weight excluding hydrogens is 220 g/mol. The summed E-state index contributed by atoms with van der Waals surface area (Å²) >= 11 is 0. The Balaban J connectivity index is 2.04. The Morgan fingerprint density at radius 1 is 1.17 bits per heavy atom. The molecule has 0 aliphatic heterocycles. The summed E-state index contributed by atoms with van der Waals surface area (Å²) in [4.78, 5) is 4.49. The van der Waals surface area contributed by atoms with Gasteiger partial charge in [0.1, 0.15) is 0 Å². The van der Waals surface area contributed by atoms with Crippen molar-refractivity contribution in [3.05, 3.63) is 58.9 Å². The van der Waals surface area contributed by atoms with Crippen LogP contribution in [0, 0.1) is 6.92 Å². The van der Waals surface area contributed by atoms with Crippen molar-refractivity contribution in [1.82, 2.24) is 4.98 Å². The van der Waals surface area contributed by atoms with Crippen molar-refractivity contribution in [2.45, 2.75) is 19.8 Å². The van der Waals surface area contributed by atoms with Crippen LogP contribution in [-0.4, -0.2) is 4.98 Å². The minimum Gasteiger partial charge on any atom is -0.398 e. The number of aryl methyl sites for hydroxylation is 2. The van der Waals surface area contributed by atoms with Crippen molar-refractivity contribution in [3.8, 4) is 0 Å². The van der Waals surface area contributed by atoms with Gasteiger partial charge in [-0.1, -0.05) is 24.3 Å². The van der Waals surface area contributed by atoms with Gasteiger partial charge in [-0.2, -0.15) is 0 Å². The monoisotopic (exact) mass is 236 g/mol. The summed E-state index contributed by atoms with van der Waals surface area (Å²) < 4.78 is 0. The second-order valence-electron chi connectivity index (χ2n) is 4.79. The van der Waals surface area contributed by atoms with E-state index in [4.69, 9.17) is 5.73 Å². The predicted molar refractivity (Wildman–Crippen MR) is 76.0 cm³/mol. The molecule has 0 unspecified atom stereocenters. The summed E-state index contributed by atoms with van der Waals surface area (Å²) in [5.41, 5.74) is 12.8. The minimum atomic E-state index is 0.819. The van der Waals surface area contributed by atoms with Crippen molar-refractivity contribution in [2.24, 2.45) is 0 Å². The second-order valence-corrected chi connectivity index (χ2v) is 4.79. The maximum absolute atomic E-state index is 5.95. The number of allylic oxidation sites excluding steroid dienone is 1. The molecule has 18 heavy (non-hydrogen) atoms. The zero-order chi connectivity index (χ0) is 12.5. The van der Waals surface area contributed by atoms with Crippen LogP contribution in [0.4, 0.5) is 5.69 Å². The average molecular weight is 236 g/mol. The summed E-state index contributed by atoms with van der Waals surface area (Å²) in [6.07, 6.45) is 6.20. The number of hydrogen-bond donors (Lipinski definition) is 1. The van der Waals surface area contributed by atoms with E-state index >= 15 is 0 Å². The molecule has 1 aliphatic rings. The molecule has 3 rings (SSSR count). The van der Waals surface area contributed by atoms with E-state index in [1.807, 2.05) is 19.2 Å². The number of rotatable bonds is 1. The van der Waals surface area contributed by atoms with Gasteiger partial charge in [0, 0.05) is 11.9 Å². The zero-order valence-electron chi connectivity index (χ0n) is 10.5. The Morgan fingerprint density at radius 2 is 2.00 bits per heavy atom. The van der Waals surface area contributed by atoms with Crippen LogP contribution >= 0.6 is 0 Å². The first-order chi connectivity index (χ1) is 8.74. The minimum absolute atomic E-state index is 0.819. The Hall–Kier alpha value is -2.09. The van der Waals surface area contributed by atoms with E-state index in [1.54, 1.807) is 0 Å². The lowest BCUT2D eigenvalue weighted by Crippen LogP contribution is -2.01. The Bertz CT molecular complexity index is 627.